The first-order valence-electron chi connectivity index (χ1n) is 10.1. The van der Waals surface area contributed by atoms with Gasteiger partial charge in [-0.2, -0.15) is 13.2 Å². The van der Waals surface area contributed by atoms with E-state index in [1.54, 1.807) is 48.2 Å². The summed E-state index contributed by atoms with van der Waals surface area (Å²) in [5, 5.41) is 3.72. The number of guanidine groups is 1. The Morgan fingerprint density at radius 3 is 2.52 bits per heavy atom. The molecule has 0 saturated carbocycles. The monoisotopic (exact) mass is 477 g/mol. The van der Waals surface area contributed by atoms with Crippen molar-refractivity contribution in [3.8, 4) is 0 Å². The zero-order chi connectivity index (χ0) is 24.2. The molecule has 3 rings (SSSR count). The smallest absolute Gasteiger partial charge is 0.416 e. The van der Waals surface area contributed by atoms with E-state index in [-0.39, 0.29) is 24.2 Å². The van der Waals surface area contributed by atoms with Crippen LogP contribution in [0.4, 0.5) is 13.2 Å². The number of allylic oxidation sites excluding steroid dienone is 1. The van der Waals surface area contributed by atoms with Crippen LogP contribution in [0.2, 0.25) is 5.02 Å². The van der Waals surface area contributed by atoms with Crippen LogP contribution in [0.3, 0.4) is 0 Å². The van der Waals surface area contributed by atoms with E-state index >= 15 is 0 Å². The Balaban J connectivity index is 2.15. The first kappa shape index (κ1) is 24.4. The van der Waals surface area contributed by atoms with E-state index in [9.17, 15) is 18.0 Å². The number of hydrogen-bond acceptors (Lipinski definition) is 3. The van der Waals surface area contributed by atoms with Crippen molar-refractivity contribution < 1.29 is 22.7 Å². The van der Waals surface area contributed by atoms with Gasteiger partial charge in [0.05, 0.1) is 37.4 Å². The molecule has 1 N–H and O–H groups in total. The quantitative estimate of drug-likeness (QED) is 0.441. The second kappa shape index (κ2) is 10.1. The summed E-state index contributed by atoms with van der Waals surface area (Å²) in [4.78, 5) is 18.8. The summed E-state index contributed by atoms with van der Waals surface area (Å²) in [5.41, 5.74) is 0.718. The normalized spacial score (nSPS) is 17.7. The number of hydrogen-bond donors (Lipinski definition) is 1. The highest BCUT2D eigenvalue weighted by Crippen LogP contribution is 2.36. The highest BCUT2D eigenvalue weighted by molar-refractivity contribution is 6.30. The lowest BCUT2D eigenvalue weighted by Gasteiger charge is -2.38. The number of benzene rings is 2. The molecule has 0 saturated heterocycles. The molecule has 0 aromatic heterocycles. The van der Waals surface area contributed by atoms with Gasteiger partial charge in [-0.05, 0) is 36.2 Å². The predicted octanol–water partition coefficient (Wildman–Crippen LogP) is 5.49. The van der Waals surface area contributed by atoms with Gasteiger partial charge in [-0.1, -0.05) is 48.0 Å². The summed E-state index contributed by atoms with van der Waals surface area (Å²) in [6, 6.07) is 11.6. The lowest BCUT2D eigenvalue weighted by atomic mass is 9.94. The number of halogens is 4. The molecule has 0 aliphatic carbocycles. The van der Waals surface area contributed by atoms with Gasteiger partial charge in [-0.3, -0.25) is 0 Å². The Morgan fingerprint density at radius 2 is 1.91 bits per heavy atom. The third-order valence-electron chi connectivity index (χ3n) is 5.24. The van der Waals surface area contributed by atoms with Gasteiger partial charge in [0.25, 0.3) is 0 Å². The molecule has 5 nitrogen and oxygen atoms in total. The van der Waals surface area contributed by atoms with Crippen LogP contribution in [0.5, 0.6) is 0 Å². The number of alkyl halides is 3. The van der Waals surface area contributed by atoms with Gasteiger partial charge < -0.3 is 15.0 Å². The number of methoxy groups -OCH3 is 1. The Kier molecular flexibility index (Phi) is 7.48. The van der Waals surface area contributed by atoms with E-state index in [2.05, 4.69) is 16.9 Å². The molecule has 0 amide bonds. The first-order valence-corrected chi connectivity index (χ1v) is 10.4. The Hall–Kier alpha value is -3.26. The van der Waals surface area contributed by atoms with Gasteiger partial charge in [-0.15, -0.1) is 6.58 Å². The maximum atomic E-state index is 13.6. The number of carbonyl (C=O) groups is 1. The molecule has 1 atom stereocenters. The van der Waals surface area contributed by atoms with Crippen LogP contribution in [0.25, 0.3) is 0 Å². The van der Waals surface area contributed by atoms with Crippen LogP contribution in [0.15, 0.2) is 77.4 Å². The molecular weight excluding hydrogens is 455 g/mol. The molecule has 0 bridgehead atoms. The zero-order valence-electron chi connectivity index (χ0n) is 18.1. The van der Waals surface area contributed by atoms with Crippen molar-refractivity contribution in [2.75, 3.05) is 13.7 Å². The van der Waals surface area contributed by atoms with Gasteiger partial charge in [0.1, 0.15) is 0 Å². The Bertz CT molecular complexity index is 1090. The van der Waals surface area contributed by atoms with Crippen LogP contribution >= 0.6 is 11.6 Å². The number of nitrogens with one attached hydrogen (secondary N) is 1. The first-order chi connectivity index (χ1) is 15.7. The number of nitrogens with zero attached hydrogens (tertiary/aromatic N) is 2. The molecule has 1 unspecified atom stereocenters. The summed E-state index contributed by atoms with van der Waals surface area (Å²) in [7, 11) is 1.26. The van der Waals surface area contributed by atoms with Crippen molar-refractivity contribution in [1.29, 1.82) is 0 Å². The summed E-state index contributed by atoms with van der Waals surface area (Å²) in [5.74, 6) is -0.284. The van der Waals surface area contributed by atoms with Crippen molar-refractivity contribution in [2.24, 2.45) is 4.99 Å². The van der Waals surface area contributed by atoms with Crippen molar-refractivity contribution >= 4 is 23.5 Å². The van der Waals surface area contributed by atoms with Gasteiger partial charge in [-0.25, -0.2) is 9.79 Å². The molecule has 2 aromatic carbocycles. The molecule has 0 radical (unpaired) electrons. The molecular formula is C24H23ClF3N3O2. The number of ether oxygens (including phenoxy) is 1. The predicted molar refractivity (Wildman–Crippen MR) is 122 cm³/mol. The summed E-state index contributed by atoms with van der Waals surface area (Å²) < 4.78 is 45.8. The van der Waals surface area contributed by atoms with Gasteiger partial charge in [0.15, 0.2) is 5.96 Å². The second-order valence-corrected chi connectivity index (χ2v) is 7.75. The molecule has 1 aliphatic rings. The zero-order valence-corrected chi connectivity index (χ0v) is 18.9. The SMILES string of the molecule is C=CCN=C1NC(c2ccc(Cl)cc2)C(C(=O)OC)=C(C)N1Cc1ccccc1C(F)(F)F. The third kappa shape index (κ3) is 5.39. The average Bonchev–Trinajstić information content (AvgIpc) is 2.79. The summed E-state index contributed by atoms with van der Waals surface area (Å²) in [6.07, 6.45) is -2.95. The van der Waals surface area contributed by atoms with Crippen LogP contribution in [0.1, 0.15) is 29.7 Å². The molecule has 174 valence electrons. The fourth-order valence-electron chi connectivity index (χ4n) is 3.65. The molecule has 1 heterocycles. The molecule has 9 heteroatoms. The van der Waals surface area contributed by atoms with Crippen LogP contribution in [-0.2, 0) is 22.3 Å². The standard InChI is InChI=1S/C24H23ClF3N3O2/c1-4-13-29-23-30-21(16-9-11-18(25)12-10-16)20(22(32)33-3)15(2)31(23)14-17-7-5-6-8-19(17)24(26,27)28/h4-12,21H,1,13-14H2,2-3H3,(H,29,30). The number of esters is 1. The van der Waals surface area contributed by atoms with Crippen molar-refractivity contribution in [3.05, 3.63) is 94.2 Å². The summed E-state index contributed by atoms with van der Waals surface area (Å²) >= 11 is 6.01. The maximum absolute atomic E-state index is 13.6. The van der Waals surface area contributed by atoms with Gasteiger partial charge >= 0.3 is 12.1 Å². The number of carbonyl (C=O) groups excluding carboxylic acids is 1. The van der Waals surface area contributed by atoms with E-state index in [1.807, 2.05) is 0 Å². The average molecular weight is 478 g/mol. The van der Waals surface area contributed by atoms with Crippen LogP contribution in [-0.4, -0.2) is 30.5 Å². The van der Waals surface area contributed by atoms with Crippen molar-refractivity contribution in [1.82, 2.24) is 10.2 Å². The molecule has 0 spiro atoms. The van der Waals surface area contributed by atoms with E-state index < -0.39 is 23.8 Å². The minimum atomic E-state index is -4.52. The highest BCUT2D eigenvalue weighted by Gasteiger charge is 2.37. The van der Waals surface area contributed by atoms with Crippen molar-refractivity contribution in [3.63, 3.8) is 0 Å². The Morgan fingerprint density at radius 1 is 1.24 bits per heavy atom. The van der Waals surface area contributed by atoms with Crippen molar-refractivity contribution in [2.45, 2.75) is 25.7 Å². The lowest BCUT2D eigenvalue weighted by molar-refractivity contribution is -0.139. The molecule has 33 heavy (non-hydrogen) atoms. The minimum Gasteiger partial charge on any atom is -0.466 e. The largest absolute Gasteiger partial charge is 0.466 e. The van der Waals surface area contributed by atoms with Gasteiger partial charge in [0, 0.05) is 10.7 Å². The van der Waals surface area contributed by atoms with E-state index in [1.165, 1.54) is 19.2 Å². The van der Waals surface area contributed by atoms with E-state index in [4.69, 9.17) is 16.3 Å². The highest BCUT2D eigenvalue weighted by atomic mass is 35.5. The van der Waals surface area contributed by atoms with Crippen LogP contribution in [0, 0.1) is 0 Å². The fourth-order valence-corrected chi connectivity index (χ4v) is 3.78. The fraction of sp³-hybridized carbons (Fsp3) is 0.250. The maximum Gasteiger partial charge on any atom is 0.416 e. The second-order valence-electron chi connectivity index (χ2n) is 7.31. The minimum absolute atomic E-state index is 0.0478. The number of rotatable bonds is 6. The lowest BCUT2D eigenvalue weighted by Crippen LogP contribution is -2.49. The molecule has 2 aromatic rings. The van der Waals surface area contributed by atoms with Crippen LogP contribution < -0.4 is 5.32 Å². The number of aliphatic imine (C=N–C) groups is 1. The topological polar surface area (TPSA) is 53.9 Å². The summed E-state index contributed by atoms with van der Waals surface area (Å²) in [6.45, 7) is 5.40. The van der Waals surface area contributed by atoms with E-state index in [0.29, 0.717) is 16.7 Å². The Labute approximate surface area is 195 Å². The third-order valence-corrected chi connectivity index (χ3v) is 5.49. The van der Waals surface area contributed by atoms with E-state index in [0.717, 1.165) is 11.6 Å². The molecule has 1 aliphatic heterocycles. The molecule has 0 fully saturated rings. The van der Waals surface area contributed by atoms with Gasteiger partial charge in [0.2, 0.25) is 0 Å².